The van der Waals surface area contributed by atoms with E-state index in [1.807, 2.05) is 0 Å². The summed E-state index contributed by atoms with van der Waals surface area (Å²) in [6, 6.07) is 9.61. The number of rotatable bonds is 6. The lowest BCUT2D eigenvalue weighted by atomic mass is 9.86. The largest absolute Gasteiger partial charge is 0.508 e. The third-order valence-corrected chi connectivity index (χ3v) is 6.99. The van der Waals surface area contributed by atoms with E-state index in [1.165, 1.54) is 12.1 Å². The minimum Gasteiger partial charge on any atom is -0.508 e. The molecule has 1 aliphatic rings. The van der Waals surface area contributed by atoms with Gasteiger partial charge in [0.1, 0.15) is 27.1 Å². The highest BCUT2D eigenvalue weighted by atomic mass is 32.2. The van der Waals surface area contributed by atoms with Crippen LogP contribution in [0.4, 0.5) is 4.39 Å². The summed E-state index contributed by atoms with van der Waals surface area (Å²) in [6.07, 6.45) is 2.55. The summed E-state index contributed by atoms with van der Waals surface area (Å²) < 4.78 is 42.5. The van der Waals surface area contributed by atoms with Crippen molar-refractivity contribution in [1.82, 2.24) is 10.3 Å². The monoisotopic (exact) mass is 486 g/mol. The number of nitrogens with one attached hydrogen (secondary N) is 1. The van der Waals surface area contributed by atoms with E-state index in [-0.39, 0.29) is 35.5 Å². The lowest BCUT2D eigenvalue weighted by Gasteiger charge is -2.26. The van der Waals surface area contributed by atoms with Crippen LogP contribution in [0.5, 0.6) is 5.75 Å². The van der Waals surface area contributed by atoms with Gasteiger partial charge in [0.05, 0.1) is 11.4 Å². The molecule has 1 aliphatic heterocycles. The Labute approximate surface area is 197 Å². The molecule has 0 aliphatic carbocycles. The molecule has 1 saturated heterocycles. The summed E-state index contributed by atoms with van der Waals surface area (Å²) in [5.74, 6) is -1.03. The maximum absolute atomic E-state index is 14.0. The maximum Gasteiger partial charge on any atom is 0.270 e. The van der Waals surface area contributed by atoms with Gasteiger partial charge < -0.3 is 15.2 Å². The van der Waals surface area contributed by atoms with Crippen LogP contribution in [0.15, 0.2) is 36.4 Å². The number of halogens is 1. The van der Waals surface area contributed by atoms with Gasteiger partial charge in [0.25, 0.3) is 5.91 Å². The number of phenolic OH excluding ortho intramolecular Hbond substituents is 1. The number of benzene rings is 2. The highest BCUT2D eigenvalue weighted by Crippen LogP contribution is 2.40. The number of carbonyl (C=O) groups excluding carboxylic acids is 1. The molecule has 4 rings (SSSR count). The second-order valence-corrected chi connectivity index (χ2v) is 10.9. The van der Waals surface area contributed by atoms with Crippen LogP contribution < -0.4 is 5.32 Å². The first-order valence-electron chi connectivity index (χ1n) is 11.1. The van der Waals surface area contributed by atoms with Gasteiger partial charge in [-0.3, -0.25) is 4.79 Å². The molecule has 180 valence electrons. The summed E-state index contributed by atoms with van der Waals surface area (Å²) in [7, 11) is -3.25. The van der Waals surface area contributed by atoms with Gasteiger partial charge in [0, 0.05) is 42.9 Å². The topological polar surface area (TPSA) is 106 Å². The molecule has 1 fully saturated rings. The quantitative estimate of drug-likeness (QED) is 0.550. The Morgan fingerprint density at radius 1 is 1.18 bits per heavy atom. The Kier molecular flexibility index (Phi) is 6.86. The lowest BCUT2D eigenvalue weighted by Crippen LogP contribution is -2.30. The molecule has 2 aromatic carbocycles. The molecule has 34 heavy (non-hydrogen) atoms. The SMILES string of the molecule is Cc1cc(-c2c(C3CCOCC3)nc(C(=O)NCCS(C)(=O)=O)c3cc(O)ccc23)ccc1F. The number of nitrogens with zero attached hydrogens (tertiary/aromatic N) is 1. The number of fused-ring (bicyclic) bond motifs is 1. The van der Waals surface area contributed by atoms with Crippen molar-refractivity contribution in [3.05, 3.63) is 59.2 Å². The van der Waals surface area contributed by atoms with Gasteiger partial charge in [-0.15, -0.1) is 0 Å². The first-order valence-corrected chi connectivity index (χ1v) is 13.2. The van der Waals surface area contributed by atoms with E-state index < -0.39 is 15.7 Å². The molecular weight excluding hydrogens is 459 g/mol. The molecule has 0 atom stereocenters. The number of hydrogen-bond acceptors (Lipinski definition) is 6. The van der Waals surface area contributed by atoms with Crippen molar-refractivity contribution >= 4 is 26.5 Å². The second kappa shape index (κ2) is 9.68. The number of pyridine rings is 1. The van der Waals surface area contributed by atoms with Crippen molar-refractivity contribution in [3.8, 4) is 16.9 Å². The molecule has 0 radical (unpaired) electrons. The Morgan fingerprint density at radius 3 is 2.59 bits per heavy atom. The van der Waals surface area contributed by atoms with Crippen molar-refractivity contribution in [1.29, 1.82) is 0 Å². The van der Waals surface area contributed by atoms with Crippen LogP contribution in [0.3, 0.4) is 0 Å². The van der Waals surface area contributed by atoms with Crippen LogP contribution in [0.2, 0.25) is 0 Å². The minimum absolute atomic E-state index is 0.0230. The van der Waals surface area contributed by atoms with E-state index in [0.717, 1.165) is 30.2 Å². The smallest absolute Gasteiger partial charge is 0.270 e. The van der Waals surface area contributed by atoms with E-state index >= 15 is 0 Å². The molecule has 0 saturated carbocycles. The van der Waals surface area contributed by atoms with E-state index in [1.54, 1.807) is 31.2 Å². The van der Waals surface area contributed by atoms with Crippen molar-refractivity contribution in [2.75, 3.05) is 31.8 Å². The molecule has 0 spiro atoms. The maximum atomic E-state index is 14.0. The first-order chi connectivity index (χ1) is 16.1. The number of aryl methyl sites for hydroxylation is 1. The predicted molar refractivity (Wildman–Crippen MR) is 128 cm³/mol. The van der Waals surface area contributed by atoms with Gasteiger partial charge in [-0.2, -0.15) is 0 Å². The predicted octanol–water partition coefficient (Wildman–Crippen LogP) is 3.72. The Bertz CT molecular complexity index is 1350. The lowest BCUT2D eigenvalue weighted by molar-refractivity contribution is 0.0845. The van der Waals surface area contributed by atoms with Crippen LogP contribution in [-0.2, 0) is 14.6 Å². The zero-order chi connectivity index (χ0) is 24.5. The molecule has 1 amide bonds. The molecule has 2 heterocycles. The Hall–Kier alpha value is -3.04. The Morgan fingerprint density at radius 2 is 1.91 bits per heavy atom. The van der Waals surface area contributed by atoms with Crippen LogP contribution in [0.1, 0.15) is 40.5 Å². The fourth-order valence-electron chi connectivity index (χ4n) is 4.30. The van der Waals surface area contributed by atoms with E-state index in [2.05, 4.69) is 5.32 Å². The molecule has 1 aromatic heterocycles. The Balaban J connectivity index is 1.92. The molecule has 2 N–H and O–H groups in total. The normalized spacial score (nSPS) is 14.9. The fourth-order valence-corrected chi connectivity index (χ4v) is 4.77. The van der Waals surface area contributed by atoms with Crippen molar-refractivity contribution in [2.24, 2.45) is 0 Å². The summed E-state index contributed by atoms with van der Waals surface area (Å²) in [5, 5.41) is 13.9. The van der Waals surface area contributed by atoms with Crippen LogP contribution in [0.25, 0.3) is 21.9 Å². The second-order valence-electron chi connectivity index (χ2n) is 8.69. The van der Waals surface area contributed by atoms with Crippen molar-refractivity contribution < 1.29 is 27.4 Å². The standard InChI is InChI=1S/C25H27FN2O5S/c1-15-13-17(3-6-21(15)26)22-19-5-4-18(29)14-20(19)24(25(30)27-9-12-34(2,31)32)28-23(22)16-7-10-33-11-8-16/h3-6,13-14,16,29H,7-12H2,1-2H3,(H,27,30). The zero-order valence-electron chi connectivity index (χ0n) is 19.1. The molecule has 0 unspecified atom stereocenters. The number of carbonyl (C=O) groups is 1. The van der Waals surface area contributed by atoms with E-state index in [4.69, 9.17) is 9.72 Å². The molecule has 0 bridgehead atoms. The number of aromatic hydroxyl groups is 1. The third-order valence-electron chi connectivity index (χ3n) is 6.04. The average Bonchev–Trinajstić information content (AvgIpc) is 2.79. The third kappa shape index (κ3) is 5.20. The summed E-state index contributed by atoms with van der Waals surface area (Å²) in [6.45, 7) is 2.78. The number of phenols is 1. The highest BCUT2D eigenvalue weighted by molar-refractivity contribution is 7.90. The minimum atomic E-state index is -3.25. The summed E-state index contributed by atoms with van der Waals surface area (Å²) in [4.78, 5) is 17.9. The highest BCUT2D eigenvalue weighted by Gasteiger charge is 2.27. The van der Waals surface area contributed by atoms with Gasteiger partial charge in [-0.1, -0.05) is 6.07 Å². The molecule has 7 nitrogen and oxygen atoms in total. The molecule has 9 heteroatoms. The fraction of sp³-hybridized carbons (Fsp3) is 0.360. The van der Waals surface area contributed by atoms with Gasteiger partial charge >= 0.3 is 0 Å². The average molecular weight is 487 g/mol. The number of hydrogen-bond donors (Lipinski definition) is 2. The van der Waals surface area contributed by atoms with Gasteiger partial charge in [0.2, 0.25) is 0 Å². The van der Waals surface area contributed by atoms with Crippen LogP contribution in [0, 0.1) is 12.7 Å². The van der Waals surface area contributed by atoms with E-state index in [9.17, 15) is 22.7 Å². The molecule has 3 aromatic rings. The number of amides is 1. The van der Waals surface area contributed by atoms with Crippen LogP contribution in [-0.4, -0.2) is 56.2 Å². The number of ether oxygens (including phenoxy) is 1. The van der Waals surface area contributed by atoms with Crippen molar-refractivity contribution in [3.63, 3.8) is 0 Å². The summed E-state index contributed by atoms with van der Waals surface area (Å²) >= 11 is 0. The van der Waals surface area contributed by atoms with Crippen molar-refractivity contribution in [2.45, 2.75) is 25.7 Å². The number of sulfone groups is 1. The van der Waals surface area contributed by atoms with Gasteiger partial charge in [-0.05, 0) is 66.6 Å². The summed E-state index contributed by atoms with van der Waals surface area (Å²) in [5.41, 5.74) is 2.87. The zero-order valence-corrected chi connectivity index (χ0v) is 19.9. The van der Waals surface area contributed by atoms with Gasteiger partial charge in [0.15, 0.2) is 0 Å². The van der Waals surface area contributed by atoms with Gasteiger partial charge in [-0.25, -0.2) is 17.8 Å². The van der Waals surface area contributed by atoms with Crippen LogP contribution >= 0.6 is 0 Å². The number of aromatic nitrogens is 1. The van der Waals surface area contributed by atoms with E-state index in [0.29, 0.717) is 35.2 Å². The first kappa shape index (κ1) is 24.1. The molecular formula is C25H27FN2O5S.